The van der Waals surface area contributed by atoms with Gasteiger partial charge < -0.3 is 10.6 Å². The van der Waals surface area contributed by atoms with Crippen molar-refractivity contribution in [2.45, 2.75) is 58.9 Å². The number of hydrogen-bond acceptors (Lipinski definition) is 3. The van der Waals surface area contributed by atoms with Gasteiger partial charge in [0.15, 0.2) is 0 Å². The standard InChI is InChI=1S/C21H29ClN4O2/c1-20(2,3)16-13-17(26(25-16)21(4,5)6)24-18(27)11-12-23-19(28)14-7-9-15(22)10-8-14/h7-10,13H,11-12H2,1-6H3,(H,23,28)(H,24,27). The zero-order valence-corrected chi connectivity index (χ0v) is 18.1. The summed E-state index contributed by atoms with van der Waals surface area (Å²) >= 11 is 5.82. The number of nitrogens with one attached hydrogen (secondary N) is 2. The number of carbonyl (C=O) groups excluding carboxylic acids is 2. The second-order valence-corrected chi connectivity index (χ2v) is 9.24. The predicted octanol–water partition coefficient (Wildman–Crippen LogP) is 4.35. The van der Waals surface area contributed by atoms with Crippen LogP contribution in [0.15, 0.2) is 30.3 Å². The van der Waals surface area contributed by atoms with Crippen LogP contribution in [0.25, 0.3) is 0 Å². The molecule has 0 atom stereocenters. The molecule has 1 aromatic carbocycles. The smallest absolute Gasteiger partial charge is 0.251 e. The molecule has 0 spiro atoms. The molecule has 2 rings (SSSR count). The molecule has 1 heterocycles. The molecule has 152 valence electrons. The van der Waals surface area contributed by atoms with Crippen LogP contribution in [-0.2, 0) is 15.7 Å². The number of rotatable bonds is 5. The van der Waals surface area contributed by atoms with Gasteiger partial charge in [-0.05, 0) is 45.0 Å². The van der Waals surface area contributed by atoms with Crippen LogP contribution < -0.4 is 10.6 Å². The Labute approximate surface area is 171 Å². The van der Waals surface area contributed by atoms with Gasteiger partial charge in [0.2, 0.25) is 5.91 Å². The van der Waals surface area contributed by atoms with E-state index >= 15 is 0 Å². The molecule has 0 fully saturated rings. The maximum Gasteiger partial charge on any atom is 0.251 e. The van der Waals surface area contributed by atoms with Crippen LogP contribution in [0, 0.1) is 0 Å². The largest absolute Gasteiger partial charge is 0.352 e. The maximum atomic E-state index is 12.4. The molecular weight excluding hydrogens is 376 g/mol. The zero-order chi connectivity index (χ0) is 21.1. The van der Waals surface area contributed by atoms with Crippen LogP contribution in [-0.4, -0.2) is 28.1 Å². The number of nitrogens with zero attached hydrogens (tertiary/aromatic N) is 2. The highest BCUT2D eigenvalue weighted by Gasteiger charge is 2.25. The van der Waals surface area contributed by atoms with E-state index < -0.39 is 0 Å². The Morgan fingerprint density at radius 3 is 2.21 bits per heavy atom. The molecule has 0 saturated carbocycles. The molecule has 2 aromatic rings. The summed E-state index contributed by atoms with van der Waals surface area (Å²) in [7, 11) is 0. The van der Waals surface area contributed by atoms with E-state index in [0.717, 1.165) is 5.69 Å². The minimum atomic E-state index is -0.269. The van der Waals surface area contributed by atoms with Crippen LogP contribution in [0.5, 0.6) is 0 Å². The Hall–Kier alpha value is -2.34. The van der Waals surface area contributed by atoms with Gasteiger partial charge >= 0.3 is 0 Å². The Bertz CT molecular complexity index is 843. The third kappa shape index (κ3) is 5.83. The van der Waals surface area contributed by atoms with Gasteiger partial charge in [-0.15, -0.1) is 0 Å². The molecule has 0 aliphatic heterocycles. The van der Waals surface area contributed by atoms with Crippen molar-refractivity contribution in [3.63, 3.8) is 0 Å². The minimum absolute atomic E-state index is 0.122. The van der Waals surface area contributed by atoms with E-state index in [1.165, 1.54) is 0 Å². The summed E-state index contributed by atoms with van der Waals surface area (Å²) in [6.45, 7) is 12.6. The Morgan fingerprint density at radius 1 is 1.07 bits per heavy atom. The van der Waals surface area contributed by atoms with Crippen LogP contribution in [0.1, 0.15) is 64.0 Å². The first-order chi connectivity index (χ1) is 12.9. The normalized spacial score (nSPS) is 12.0. The number of benzene rings is 1. The van der Waals surface area contributed by atoms with Crippen LogP contribution in [0.2, 0.25) is 5.02 Å². The SMILES string of the molecule is CC(C)(C)c1cc(NC(=O)CCNC(=O)c2ccc(Cl)cc2)n(C(C)(C)C)n1. The van der Waals surface area contributed by atoms with E-state index in [1.54, 1.807) is 24.3 Å². The molecule has 0 unspecified atom stereocenters. The summed E-state index contributed by atoms with van der Waals surface area (Å²) in [4.78, 5) is 24.5. The van der Waals surface area contributed by atoms with Gasteiger partial charge in [0.1, 0.15) is 5.82 Å². The molecule has 0 aliphatic carbocycles. The topological polar surface area (TPSA) is 76.0 Å². The van der Waals surface area contributed by atoms with Crippen molar-refractivity contribution in [3.05, 3.63) is 46.6 Å². The molecule has 0 bridgehead atoms. The van der Waals surface area contributed by atoms with Crippen LogP contribution >= 0.6 is 11.6 Å². The quantitative estimate of drug-likeness (QED) is 0.777. The Balaban J connectivity index is 1.98. The second-order valence-electron chi connectivity index (χ2n) is 8.81. The predicted molar refractivity (Wildman–Crippen MR) is 113 cm³/mol. The van der Waals surface area contributed by atoms with E-state index in [2.05, 4.69) is 36.5 Å². The highest BCUT2D eigenvalue weighted by molar-refractivity contribution is 6.30. The summed E-state index contributed by atoms with van der Waals surface area (Å²) in [5.74, 6) is 0.243. The zero-order valence-electron chi connectivity index (χ0n) is 17.4. The summed E-state index contributed by atoms with van der Waals surface area (Å²) in [6.07, 6.45) is 0.166. The van der Waals surface area contributed by atoms with Gasteiger partial charge in [-0.3, -0.25) is 9.59 Å². The van der Waals surface area contributed by atoms with Crippen molar-refractivity contribution < 1.29 is 9.59 Å². The Kier molecular flexibility index (Phi) is 6.55. The van der Waals surface area contributed by atoms with Crippen molar-refractivity contribution in [1.29, 1.82) is 0 Å². The van der Waals surface area contributed by atoms with E-state index in [1.807, 2.05) is 31.5 Å². The summed E-state index contributed by atoms with van der Waals surface area (Å²) in [6, 6.07) is 8.52. The van der Waals surface area contributed by atoms with Crippen molar-refractivity contribution in [1.82, 2.24) is 15.1 Å². The average molecular weight is 405 g/mol. The number of carbonyl (C=O) groups is 2. The average Bonchev–Trinajstić information content (AvgIpc) is 2.99. The van der Waals surface area contributed by atoms with Gasteiger partial charge in [0.25, 0.3) is 5.91 Å². The molecule has 7 heteroatoms. The van der Waals surface area contributed by atoms with Crippen molar-refractivity contribution in [2.24, 2.45) is 0 Å². The first-order valence-corrected chi connectivity index (χ1v) is 9.70. The fourth-order valence-electron chi connectivity index (χ4n) is 2.55. The summed E-state index contributed by atoms with van der Waals surface area (Å²) < 4.78 is 1.83. The first-order valence-electron chi connectivity index (χ1n) is 9.32. The lowest BCUT2D eigenvalue weighted by molar-refractivity contribution is -0.116. The van der Waals surface area contributed by atoms with Crippen LogP contribution in [0.3, 0.4) is 0 Å². The maximum absolute atomic E-state index is 12.4. The minimum Gasteiger partial charge on any atom is -0.352 e. The van der Waals surface area contributed by atoms with E-state index in [0.29, 0.717) is 16.4 Å². The second kappa shape index (κ2) is 8.35. The van der Waals surface area contributed by atoms with Crippen molar-refractivity contribution >= 4 is 29.2 Å². The van der Waals surface area contributed by atoms with Crippen LogP contribution in [0.4, 0.5) is 5.82 Å². The van der Waals surface area contributed by atoms with E-state index in [9.17, 15) is 9.59 Å². The number of anilines is 1. The van der Waals surface area contributed by atoms with Gasteiger partial charge in [-0.1, -0.05) is 32.4 Å². The number of halogens is 1. The van der Waals surface area contributed by atoms with Gasteiger partial charge in [0, 0.05) is 35.0 Å². The molecule has 28 heavy (non-hydrogen) atoms. The number of hydrogen-bond donors (Lipinski definition) is 2. The van der Waals surface area contributed by atoms with Gasteiger partial charge in [0.05, 0.1) is 11.2 Å². The monoisotopic (exact) mass is 404 g/mol. The summed E-state index contributed by atoms with van der Waals surface area (Å²) in [5, 5.41) is 10.9. The number of aromatic nitrogens is 2. The van der Waals surface area contributed by atoms with E-state index in [4.69, 9.17) is 11.6 Å². The lowest BCUT2D eigenvalue weighted by atomic mass is 9.92. The van der Waals surface area contributed by atoms with E-state index in [-0.39, 0.29) is 35.7 Å². The fraction of sp³-hybridized carbons (Fsp3) is 0.476. The van der Waals surface area contributed by atoms with Gasteiger partial charge in [-0.2, -0.15) is 5.10 Å². The van der Waals surface area contributed by atoms with Gasteiger partial charge in [-0.25, -0.2) is 4.68 Å². The number of amides is 2. The van der Waals surface area contributed by atoms with Crippen molar-refractivity contribution in [2.75, 3.05) is 11.9 Å². The molecule has 2 amide bonds. The molecule has 0 aliphatic rings. The highest BCUT2D eigenvalue weighted by Crippen LogP contribution is 2.28. The molecule has 0 radical (unpaired) electrons. The molecular formula is C21H29ClN4O2. The third-order valence-electron chi connectivity index (χ3n) is 4.12. The molecule has 2 N–H and O–H groups in total. The Morgan fingerprint density at radius 2 is 1.68 bits per heavy atom. The summed E-state index contributed by atoms with van der Waals surface area (Å²) in [5.41, 5.74) is 1.02. The van der Waals surface area contributed by atoms with Crippen molar-refractivity contribution in [3.8, 4) is 0 Å². The first kappa shape index (κ1) is 22.0. The lowest BCUT2D eigenvalue weighted by Crippen LogP contribution is -2.30. The molecule has 6 nitrogen and oxygen atoms in total. The highest BCUT2D eigenvalue weighted by atomic mass is 35.5. The third-order valence-corrected chi connectivity index (χ3v) is 4.38. The molecule has 1 aromatic heterocycles. The fourth-order valence-corrected chi connectivity index (χ4v) is 2.67. The molecule has 0 saturated heterocycles. The lowest BCUT2D eigenvalue weighted by Gasteiger charge is -2.23.